The fourth-order valence-corrected chi connectivity index (χ4v) is 1.79. The predicted molar refractivity (Wildman–Crippen MR) is 65.8 cm³/mol. The Balaban J connectivity index is 2.23. The van der Waals surface area contributed by atoms with E-state index in [1.807, 2.05) is 0 Å². The van der Waals surface area contributed by atoms with Gasteiger partial charge in [-0.05, 0) is 29.8 Å². The number of hydrogen-bond acceptors (Lipinski definition) is 1. The number of halogens is 4. The van der Waals surface area contributed by atoms with E-state index in [-0.39, 0.29) is 22.6 Å². The van der Waals surface area contributed by atoms with Crippen LogP contribution in [-0.4, -0.2) is 5.78 Å². The highest BCUT2D eigenvalue weighted by Gasteiger charge is 2.12. The summed E-state index contributed by atoms with van der Waals surface area (Å²) < 4.78 is 39.1. The molecule has 2 aromatic rings. The summed E-state index contributed by atoms with van der Waals surface area (Å²) >= 11 is 5.56. The molecule has 0 unspecified atom stereocenters. The van der Waals surface area contributed by atoms with E-state index in [2.05, 4.69) is 0 Å². The van der Waals surface area contributed by atoms with Gasteiger partial charge < -0.3 is 0 Å². The summed E-state index contributed by atoms with van der Waals surface area (Å²) in [5, 5.41) is -0.176. The van der Waals surface area contributed by atoms with Crippen molar-refractivity contribution in [2.24, 2.45) is 0 Å². The van der Waals surface area contributed by atoms with E-state index in [4.69, 9.17) is 11.6 Å². The molecule has 0 aliphatic heterocycles. The molecule has 0 amide bonds. The Labute approximate surface area is 112 Å². The molecule has 0 spiro atoms. The largest absolute Gasteiger partial charge is 0.294 e. The van der Waals surface area contributed by atoms with Crippen LogP contribution < -0.4 is 0 Å². The van der Waals surface area contributed by atoms with Crippen LogP contribution in [0.4, 0.5) is 13.2 Å². The molecule has 19 heavy (non-hydrogen) atoms. The Morgan fingerprint density at radius 1 is 1.00 bits per heavy atom. The van der Waals surface area contributed by atoms with Gasteiger partial charge in [-0.2, -0.15) is 0 Å². The monoisotopic (exact) mass is 284 g/mol. The zero-order chi connectivity index (χ0) is 14.0. The van der Waals surface area contributed by atoms with E-state index in [9.17, 15) is 18.0 Å². The fourth-order valence-electron chi connectivity index (χ4n) is 1.61. The highest BCUT2D eigenvalue weighted by molar-refractivity contribution is 6.31. The van der Waals surface area contributed by atoms with Gasteiger partial charge in [0.2, 0.25) is 0 Å². The SMILES string of the molecule is O=C(Cc1ccc(F)cc1F)c1ccc(F)c(Cl)c1. The van der Waals surface area contributed by atoms with Crippen molar-refractivity contribution in [3.63, 3.8) is 0 Å². The van der Waals surface area contributed by atoms with Crippen LogP contribution in [0.25, 0.3) is 0 Å². The molecule has 1 nitrogen and oxygen atoms in total. The normalized spacial score (nSPS) is 10.5. The van der Waals surface area contributed by atoms with Crippen molar-refractivity contribution in [2.45, 2.75) is 6.42 Å². The zero-order valence-corrected chi connectivity index (χ0v) is 10.3. The topological polar surface area (TPSA) is 17.1 Å². The molecule has 2 rings (SSSR count). The summed E-state index contributed by atoms with van der Waals surface area (Å²) in [6.07, 6.45) is -0.242. The molecule has 2 aromatic carbocycles. The van der Waals surface area contributed by atoms with Gasteiger partial charge >= 0.3 is 0 Å². The third-order valence-electron chi connectivity index (χ3n) is 2.61. The minimum Gasteiger partial charge on any atom is -0.294 e. The quantitative estimate of drug-likeness (QED) is 0.773. The molecule has 0 saturated carbocycles. The number of ketones is 1. The summed E-state index contributed by atoms with van der Waals surface area (Å²) in [5.41, 5.74) is 0.252. The van der Waals surface area contributed by atoms with Gasteiger partial charge in [0.05, 0.1) is 5.02 Å². The molecule has 0 saturated heterocycles. The van der Waals surface area contributed by atoms with Crippen LogP contribution in [0.3, 0.4) is 0 Å². The lowest BCUT2D eigenvalue weighted by molar-refractivity contribution is 0.0991. The maximum Gasteiger partial charge on any atom is 0.167 e. The summed E-state index contributed by atoms with van der Waals surface area (Å²) in [6, 6.07) is 6.50. The van der Waals surface area contributed by atoms with Crippen molar-refractivity contribution in [3.05, 3.63) is 70.0 Å². The molecule has 0 radical (unpaired) electrons. The molecule has 5 heteroatoms. The summed E-state index contributed by atoms with van der Waals surface area (Å²) in [4.78, 5) is 11.9. The van der Waals surface area contributed by atoms with E-state index in [0.29, 0.717) is 6.07 Å². The van der Waals surface area contributed by atoms with Crippen molar-refractivity contribution < 1.29 is 18.0 Å². The van der Waals surface area contributed by atoms with Gasteiger partial charge in [0.25, 0.3) is 0 Å². The van der Waals surface area contributed by atoms with Crippen LogP contribution in [0, 0.1) is 17.5 Å². The molecular weight excluding hydrogens is 277 g/mol. The third kappa shape index (κ3) is 3.15. The minimum absolute atomic E-state index is 0.0758. The lowest BCUT2D eigenvalue weighted by Crippen LogP contribution is -2.05. The van der Waals surface area contributed by atoms with Crippen molar-refractivity contribution >= 4 is 17.4 Å². The molecule has 0 bridgehead atoms. The summed E-state index contributed by atoms with van der Waals surface area (Å²) in [5.74, 6) is -2.56. The lowest BCUT2D eigenvalue weighted by atomic mass is 10.0. The number of rotatable bonds is 3. The van der Waals surface area contributed by atoms with Gasteiger partial charge in [0, 0.05) is 18.1 Å². The van der Waals surface area contributed by atoms with E-state index in [1.54, 1.807) is 0 Å². The maximum absolute atomic E-state index is 13.4. The van der Waals surface area contributed by atoms with Crippen LogP contribution in [-0.2, 0) is 6.42 Å². The number of Topliss-reactive ketones (excluding diaryl/α,β-unsaturated/α-hetero) is 1. The second kappa shape index (κ2) is 5.45. The molecule has 0 aliphatic carbocycles. The molecule has 98 valence electrons. The molecule has 0 atom stereocenters. The lowest BCUT2D eigenvalue weighted by Gasteiger charge is -2.04. The first-order valence-electron chi connectivity index (χ1n) is 5.39. The van der Waals surface area contributed by atoms with Crippen molar-refractivity contribution in [1.29, 1.82) is 0 Å². The average molecular weight is 285 g/mol. The van der Waals surface area contributed by atoms with E-state index in [0.717, 1.165) is 12.1 Å². The van der Waals surface area contributed by atoms with Crippen molar-refractivity contribution in [2.75, 3.05) is 0 Å². The van der Waals surface area contributed by atoms with Gasteiger partial charge in [-0.25, -0.2) is 13.2 Å². The second-order valence-electron chi connectivity index (χ2n) is 3.96. The van der Waals surface area contributed by atoms with Crippen molar-refractivity contribution in [1.82, 2.24) is 0 Å². The Morgan fingerprint density at radius 3 is 2.37 bits per heavy atom. The third-order valence-corrected chi connectivity index (χ3v) is 2.90. The zero-order valence-electron chi connectivity index (χ0n) is 9.59. The van der Waals surface area contributed by atoms with Crippen LogP contribution in [0.2, 0.25) is 5.02 Å². The highest BCUT2D eigenvalue weighted by atomic mass is 35.5. The van der Waals surface area contributed by atoms with E-state index in [1.165, 1.54) is 18.2 Å². The first-order valence-corrected chi connectivity index (χ1v) is 5.77. The second-order valence-corrected chi connectivity index (χ2v) is 4.37. The van der Waals surface area contributed by atoms with E-state index < -0.39 is 23.2 Å². The standard InChI is InChI=1S/C14H8ClF3O/c15-11-5-9(2-4-12(11)17)14(19)6-8-1-3-10(16)7-13(8)18/h1-5,7H,6H2. The number of benzene rings is 2. The van der Waals surface area contributed by atoms with Gasteiger partial charge in [-0.15, -0.1) is 0 Å². The molecule has 0 fully saturated rings. The maximum atomic E-state index is 13.4. The average Bonchev–Trinajstić information content (AvgIpc) is 2.36. The van der Waals surface area contributed by atoms with Gasteiger partial charge in [0.15, 0.2) is 5.78 Å². The van der Waals surface area contributed by atoms with E-state index >= 15 is 0 Å². The van der Waals surface area contributed by atoms with Gasteiger partial charge in [-0.3, -0.25) is 4.79 Å². The Morgan fingerprint density at radius 2 is 1.74 bits per heavy atom. The Hall–Kier alpha value is -1.81. The smallest absolute Gasteiger partial charge is 0.167 e. The van der Waals surface area contributed by atoms with Crippen LogP contribution in [0.15, 0.2) is 36.4 Å². The molecule has 0 aromatic heterocycles. The Kier molecular flexibility index (Phi) is 3.90. The summed E-state index contributed by atoms with van der Waals surface area (Å²) in [6.45, 7) is 0. The van der Waals surface area contributed by atoms with Gasteiger partial charge in [0.1, 0.15) is 17.5 Å². The molecule has 0 heterocycles. The van der Waals surface area contributed by atoms with Crippen molar-refractivity contribution in [3.8, 4) is 0 Å². The van der Waals surface area contributed by atoms with Gasteiger partial charge in [-0.1, -0.05) is 17.7 Å². The van der Waals surface area contributed by atoms with Crippen LogP contribution in [0.1, 0.15) is 15.9 Å². The molecule has 0 N–H and O–H groups in total. The number of hydrogen-bond donors (Lipinski definition) is 0. The van der Waals surface area contributed by atoms with Crippen LogP contribution in [0.5, 0.6) is 0 Å². The highest BCUT2D eigenvalue weighted by Crippen LogP contribution is 2.18. The first kappa shape index (κ1) is 13.6. The summed E-state index contributed by atoms with van der Waals surface area (Å²) in [7, 11) is 0. The minimum atomic E-state index is -0.790. The number of carbonyl (C=O) groups excluding carboxylic acids is 1. The molecular formula is C14H8ClF3O. The predicted octanol–water partition coefficient (Wildman–Crippen LogP) is 4.18. The number of carbonyl (C=O) groups is 1. The fraction of sp³-hybridized carbons (Fsp3) is 0.0714. The first-order chi connectivity index (χ1) is 8.97. The van der Waals surface area contributed by atoms with Crippen LogP contribution >= 0.6 is 11.6 Å². The molecule has 0 aliphatic rings. The Bertz CT molecular complexity index is 641.